The lowest BCUT2D eigenvalue weighted by molar-refractivity contribution is 0.376. The van der Waals surface area contributed by atoms with Gasteiger partial charge in [-0.3, -0.25) is 13.8 Å². The summed E-state index contributed by atoms with van der Waals surface area (Å²) in [4.78, 5) is 28.3. The van der Waals surface area contributed by atoms with E-state index in [1.165, 1.54) is 4.57 Å². The van der Waals surface area contributed by atoms with E-state index in [4.69, 9.17) is 0 Å². The zero-order valence-corrected chi connectivity index (χ0v) is 15.3. The van der Waals surface area contributed by atoms with Crippen LogP contribution in [0, 0.1) is 0 Å². The highest BCUT2D eigenvalue weighted by molar-refractivity contribution is 6.23. The molecule has 5 heteroatoms. The molecule has 0 radical (unpaired) electrons. The quantitative estimate of drug-likeness (QED) is 0.499. The normalized spacial score (nSPS) is 12.3. The van der Waals surface area contributed by atoms with Crippen molar-refractivity contribution in [2.45, 2.75) is 6.54 Å². The summed E-state index contributed by atoms with van der Waals surface area (Å²) >= 11 is 0. The molecule has 0 aliphatic carbocycles. The first kappa shape index (κ1) is 16.0. The van der Waals surface area contributed by atoms with Crippen LogP contribution in [-0.2, 0) is 6.54 Å². The number of benzene rings is 3. The molecule has 5 nitrogen and oxygen atoms in total. The molecule has 0 aliphatic rings. The minimum atomic E-state index is -0.268. The lowest BCUT2D eigenvalue weighted by Crippen LogP contribution is -2.39. The summed E-state index contributed by atoms with van der Waals surface area (Å²) in [5.41, 5.74) is 1.09. The number of hydrogen-bond acceptors (Lipinski definition) is 3. The van der Waals surface area contributed by atoms with Gasteiger partial charge in [0.05, 0.1) is 16.4 Å². The van der Waals surface area contributed by atoms with Gasteiger partial charge in [0.15, 0.2) is 0 Å². The van der Waals surface area contributed by atoms with Crippen molar-refractivity contribution < 1.29 is 0 Å². The van der Waals surface area contributed by atoms with E-state index in [0.717, 1.165) is 32.6 Å². The van der Waals surface area contributed by atoms with Gasteiger partial charge in [-0.15, -0.1) is 0 Å². The van der Waals surface area contributed by atoms with Crippen LogP contribution >= 0.6 is 0 Å². The van der Waals surface area contributed by atoms with E-state index < -0.39 is 0 Å². The van der Waals surface area contributed by atoms with Crippen molar-refractivity contribution >= 4 is 38.0 Å². The van der Waals surface area contributed by atoms with E-state index in [0.29, 0.717) is 18.5 Å². The third-order valence-corrected chi connectivity index (χ3v) is 5.35. The van der Waals surface area contributed by atoms with Gasteiger partial charge in [0.25, 0.3) is 5.56 Å². The van der Waals surface area contributed by atoms with Gasteiger partial charge in [-0.05, 0) is 37.0 Å². The Morgan fingerprint density at radius 3 is 2.41 bits per heavy atom. The number of aromatic nitrogens is 2. The number of likely N-dealkylation sites (N-methyl/N-ethyl adjacent to an activating group) is 1. The van der Waals surface area contributed by atoms with Crippen LogP contribution in [-0.4, -0.2) is 34.5 Å². The first-order valence-corrected chi connectivity index (χ1v) is 9.04. The van der Waals surface area contributed by atoms with Gasteiger partial charge in [-0.25, -0.2) is 4.79 Å². The van der Waals surface area contributed by atoms with Gasteiger partial charge >= 0.3 is 5.69 Å². The largest absolute Gasteiger partial charge is 0.336 e. The molecule has 0 atom stereocenters. The first-order valence-electron chi connectivity index (χ1n) is 9.04. The maximum atomic E-state index is 13.3. The molecule has 0 amide bonds. The van der Waals surface area contributed by atoms with Crippen molar-refractivity contribution in [3.05, 3.63) is 75.4 Å². The summed E-state index contributed by atoms with van der Waals surface area (Å²) in [5.74, 6) is 0. The molecular weight excluding hydrogens is 338 g/mol. The number of fused-ring (bicyclic) bond motifs is 5. The fourth-order valence-electron chi connectivity index (χ4n) is 4.06. The molecule has 134 valence electrons. The molecule has 3 aromatic carbocycles. The molecule has 27 heavy (non-hydrogen) atoms. The fourth-order valence-corrected chi connectivity index (χ4v) is 4.06. The molecule has 0 spiro atoms. The Bertz CT molecular complexity index is 1440. The molecule has 2 aromatic heterocycles. The van der Waals surface area contributed by atoms with Gasteiger partial charge in [0, 0.05) is 23.9 Å². The van der Waals surface area contributed by atoms with Crippen LogP contribution in [0.5, 0.6) is 0 Å². The smallest absolute Gasteiger partial charge is 0.308 e. The Morgan fingerprint density at radius 2 is 1.59 bits per heavy atom. The van der Waals surface area contributed by atoms with Crippen LogP contribution in [0.1, 0.15) is 0 Å². The maximum absolute atomic E-state index is 13.3. The summed E-state index contributed by atoms with van der Waals surface area (Å²) in [6.45, 7) is 0.999. The second-order valence-electron chi connectivity index (χ2n) is 7.26. The average Bonchev–Trinajstić information content (AvgIpc) is 3.01. The molecule has 0 unspecified atom stereocenters. The van der Waals surface area contributed by atoms with Crippen molar-refractivity contribution in [3.8, 4) is 0 Å². The van der Waals surface area contributed by atoms with Crippen LogP contribution in [0.15, 0.2) is 64.2 Å². The number of rotatable bonds is 3. The summed E-state index contributed by atoms with van der Waals surface area (Å²) in [6.07, 6.45) is 0. The minimum absolute atomic E-state index is 0.216. The van der Waals surface area contributed by atoms with Crippen molar-refractivity contribution in [2.24, 2.45) is 0 Å². The molecule has 5 aromatic rings. The Hall–Kier alpha value is -3.18. The SMILES string of the molecule is CN(C)CCn1c(=O)c2cccc3c4c5ccccc5ccc4n(c1=O)c23. The van der Waals surface area contributed by atoms with E-state index in [9.17, 15) is 9.59 Å². The Kier molecular flexibility index (Phi) is 3.36. The molecule has 0 N–H and O–H groups in total. The summed E-state index contributed by atoms with van der Waals surface area (Å²) in [6, 6.07) is 17.9. The highest BCUT2D eigenvalue weighted by Crippen LogP contribution is 2.34. The molecule has 0 saturated heterocycles. The molecular formula is C22H19N3O2. The topological polar surface area (TPSA) is 46.7 Å². The highest BCUT2D eigenvalue weighted by Gasteiger charge is 2.19. The fraction of sp³-hybridized carbons (Fsp3) is 0.182. The van der Waals surface area contributed by atoms with E-state index in [2.05, 4.69) is 12.1 Å². The predicted octanol–water partition coefficient (Wildman–Crippen LogP) is 2.92. The van der Waals surface area contributed by atoms with Crippen molar-refractivity contribution in [1.29, 1.82) is 0 Å². The third-order valence-electron chi connectivity index (χ3n) is 5.35. The van der Waals surface area contributed by atoms with E-state index in [1.807, 2.05) is 61.5 Å². The van der Waals surface area contributed by atoms with E-state index in [1.54, 1.807) is 4.40 Å². The molecule has 2 heterocycles. The van der Waals surface area contributed by atoms with Crippen molar-refractivity contribution in [3.63, 3.8) is 0 Å². The van der Waals surface area contributed by atoms with Gasteiger partial charge in [-0.1, -0.05) is 42.5 Å². The van der Waals surface area contributed by atoms with Crippen LogP contribution in [0.4, 0.5) is 0 Å². The first-order chi connectivity index (χ1) is 13.1. The van der Waals surface area contributed by atoms with Gasteiger partial charge < -0.3 is 4.90 Å². The zero-order chi connectivity index (χ0) is 18.7. The zero-order valence-electron chi connectivity index (χ0n) is 15.3. The Morgan fingerprint density at radius 1 is 0.852 bits per heavy atom. The van der Waals surface area contributed by atoms with Gasteiger partial charge in [-0.2, -0.15) is 0 Å². The second-order valence-corrected chi connectivity index (χ2v) is 7.26. The Labute approximate surface area is 155 Å². The maximum Gasteiger partial charge on any atom is 0.336 e. The summed E-state index contributed by atoms with van der Waals surface area (Å²) in [5, 5.41) is 4.79. The number of hydrogen-bond donors (Lipinski definition) is 0. The molecule has 0 aliphatic heterocycles. The summed E-state index contributed by atoms with van der Waals surface area (Å²) in [7, 11) is 3.87. The van der Waals surface area contributed by atoms with Crippen LogP contribution in [0.3, 0.4) is 0 Å². The van der Waals surface area contributed by atoms with Crippen LogP contribution in [0.2, 0.25) is 0 Å². The van der Waals surface area contributed by atoms with Gasteiger partial charge in [0.2, 0.25) is 0 Å². The minimum Gasteiger partial charge on any atom is -0.308 e. The lowest BCUT2D eigenvalue weighted by atomic mass is 10.0. The average molecular weight is 357 g/mol. The molecule has 0 bridgehead atoms. The molecule has 0 saturated carbocycles. The van der Waals surface area contributed by atoms with Crippen LogP contribution < -0.4 is 11.2 Å². The third kappa shape index (κ3) is 2.15. The standard InChI is InChI=1S/C22H19N3O2/c1-23(2)12-13-24-21(26)17-9-5-8-16-19-15-7-4-3-6-14(15)10-11-18(19)25(20(16)17)22(24)27/h3-11H,12-13H2,1-2H3. The second kappa shape index (κ2) is 5.66. The monoisotopic (exact) mass is 357 g/mol. The highest BCUT2D eigenvalue weighted by atomic mass is 16.2. The van der Waals surface area contributed by atoms with E-state index in [-0.39, 0.29) is 11.2 Å². The summed E-state index contributed by atoms with van der Waals surface area (Å²) < 4.78 is 3.07. The predicted molar refractivity (Wildman–Crippen MR) is 110 cm³/mol. The number of para-hydroxylation sites is 1. The van der Waals surface area contributed by atoms with Gasteiger partial charge in [0.1, 0.15) is 0 Å². The van der Waals surface area contributed by atoms with E-state index >= 15 is 0 Å². The number of nitrogens with zero attached hydrogens (tertiary/aromatic N) is 3. The van der Waals surface area contributed by atoms with Crippen molar-refractivity contribution in [2.75, 3.05) is 20.6 Å². The molecule has 0 fully saturated rings. The van der Waals surface area contributed by atoms with Crippen LogP contribution in [0.25, 0.3) is 38.0 Å². The molecule has 5 rings (SSSR count). The van der Waals surface area contributed by atoms with Crippen molar-refractivity contribution in [1.82, 2.24) is 13.9 Å². The lowest BCUT2D eigenvalue weighted by Gasteiger charge is -2.12. The Balaban J connectivity index is 2.03.